The molecule has 1 heterocycles. The molecule has 1 aromatic rings. The van der Waals surface area contributed by atoms with Gasteiger partial charge in [-0.3, -0.25) is 0 Å². The lowest BCUT2D eigenvalue weighted by Gasteiger charge is -2.07. The zero-order chi connectivity index (χ0) is 15.3. The van der Waals surface area contributed by atoms with Crippen LogP contribution in [0.25, 0.3) is 0 Å². The molecule has 0 radical (unpaired) electrons. The molecule has 0 saturated carbocycles. The first-order valence-corrected chi connectivity index (χ1v) is 8.81. The number of aryl methyl sites for hydroxylation is 1. The van der Waals surface area contributed by atoms with Crippen LogP contribution in [-0.2, 0) is 6.42 Å². The van der Waals surface area contributed by atoms with Crippen molar-refractivity contribution >= 4 is 0 Å². The lowest BCUT2D eigenvalue weighted by atomic mass is 10.1. The van der Waals surface area contributed by atoms with Gasteiger partial charge in [0.25, 0.3) is 0 Å². The molecule has 0 spiro atoms. The fourth-order valence-corrected chi connectivity index (χ4v) is 2.60. The molecule has 1 atom stereocenters. The average molecular weight is 295 g/mol. The van der Waals surface area contributed by atoms with E-state index < -0.39 is 0 Å². The minimum Gasteiger partial charge on any atom is -0.424 e. The Morgan fingerprint density at radius 3 is 2.10 bits per heavy atom. The zero-order valence-corrected chi connectivity index (χ0v) is 14.2. The van der Waals surface area contributed by atoms with Crippen molar-refractivity contribution < 1.29 is 4.42 Å². The highest BCUT2D eigenvalue weighted by Gasteiger charge is 2.14. The fraction of sp³-hybridized carbons (Fsp3) is 0.882. The van der Waals surface area contributed by atoms with E-state index in [1.54, 1.807) is 0 Å². The summed E-state index contributed by atoms with van der Waals surface area (Å²) < 4.78 is 5.71. The summed E-state index contributed by atoms with van der Waals surface area (Å²) in [5, 5.41) is 11.5. The summed E-state index contributed by atoms with van der Waals surface area (Å²) in [7, 11) is 1.93. The Balaban J connectivity index is 2.05. The molecule has 0 fully saturated rings. The summed E-state index contributed by atoms with van der Waals surface area (Å²) in [5.41, 5.74) is 0. The van der Waals surface area contributed by atoms with Crippen LogP contribution in [0, 0.1) is 0 Å². The smallest absolute Gasteiger partial charge is 0.233 e. The van der Waals surface area contributed by atoms with Crippen LogP contribution in [0.3, 0.4) is 0 Å². The Labute approximate surface area is 130 Å². The second kappa shape index (κ2) is 11.7. The monoisotopic (exact) mass is 295 g/mol. The molecule has 0 bridgehead atoms. The summed E-state index contributed by atoms with van der Waals surface area (Å²) in [4.78, 5) is 0. The van der Waals surface area contributed by atoms with Gasteiger partial charge in [-0.2, -0.15) is 0 Å². The molecule has 21 heavy (non-hydrogen) atoms. The van der Waals surface area contributed by atoms with Crippen molar-refractivity contribution in [2.75, 3.05) is 7.05 Å². The number of nitrogens with one attached hydrogen (secondary N) is 1. The zero-order valence-electron chi connectivity index (χ0n) is 14.2. The van der Waals surface area contributed by atoms with E-state index in [-0.39, 0.29) is 6.04 Å². The number of nitrogens with zero attached hydrogens (tertiary/aromatic N) is 2. The second-order valence-electron chi connectivity index (χ2n) is 5.86. The van der Waals surface area contributed by atoms with Gasteiger partial charge in [0, 0.05) is 6.42 Å². The van der Waals surface area contributed by atoms with Crippen LogP contribution in [0.15, 0.2) is 4.42 Å². The summed E-state index contributed by atoms with van der Waals surface area (Å²) in [6.45, 7) is 4.38. The Morgan fingerprint density at radius 1 is 0.905 bits per heavy atom. The van der Waals surface area contributed by atoms with Gasteiger partial charge in [0.1, 0.15) is 0 Å². The van der Waals surface area contributed by atoms with E-state index in [1.165, 1.54) is 51.4 Å². The minimum absolute atomic E-state index is 0.189. The van der Waals surface area contributed by atoms with Gasteiger partial charge in [-0.25, -0.2) is 0 Å². The first-order valence-electron chi connectivity index (χ1n) is 8.81. The summed E-state index contributed by atoms with van der Waals surface area (Å²) >= 11 is 0. The SMILES string of the molecule is CCCCCCCCCCCc1nnc(C(CC)NC)o1. The van der Waals surface area contributed by atoms with Crippen molar-refractivity contribution in [3.63, 3.8) is 0 Å². The maximum Gasteiger partial charge on any atom is 0.233 e. The highest BCUT2D eigenvalue weighted by atomic mass is 16.4. The van der Waals surface area contributed by atoms with Crippen LogP contribution in [0.5, 0.6) is 0 Å². The molecule has 4 heteroatoms. The van der Waals surface area contributed by atoms with Crippen LogP contribution in [0.1, 0.15) is 95.9 Å². The van der Waals surface area contributed by atoms with Crippen molar-refractivity contribution in [1.29, 1.82) is 0 Å². The van der Waals surface area contributed by atoms with E-state index in [1.807, 2.05) is 7.05 Å². The highest BCUT2D eigenvalue weighted by Crippen LogP contribution is 2.16. The van der Waals surface area contributed by atoms with Crippen molar-refractivity contribution in [3.8, 4) is 0 Å². The number of hydrogen-bond donors (Lipinski definition) is 1. The highest BCUT2D eigenvalue weighted by molar-refractivity contribution is 4.89. The van der Waals surface area contributed by atoms with Crippen LogP contribution in [0.4, 0.5) is 0 Å². The molecule has 0 saturated heterocycles. The van der Waals surface area contributed by atoms with Crippen molar-refractivity contribution in [3.05, 3.63) is 11.8 Å². The molecule has 122 valence electrons. The van der Waals surface area contributed by atoms with Gasteiger partial charge in [-0.05, 0) is 19.9 Å². The number of unbranched alkanes of at least 4 members (excludes halogenated alkanes) is 8. The normalized spacial score (nSPS) is 12.7. The largest absolute Gasteiger partial charge is 0.424 e. The van der Waals surface area contributed by atoms with E-state index in [2.05, 4.69) is 29.4 Å². The predicted octanol–water partition coefficient (Wildman–Crippen LogP) is 4.81. The topological polar surface area (TPSA) is 51.0 Å². The van der Waals surface area contributed by atoms with E-state index >= 15 is 0 Å². The minimum atomic E-state index is 0.189. The number of hydrogen-bond acceptors (Lipinski definition) is 4. The molecule has 0 aliphatic carbocycles. The van der Waals surface area contributed by atoms with Crippen molar-refractivity contribution in [2.24, 2.45) is 0 Å². The molecular weight excluding hydrogens is 262 g/mol. The summed E-state index contributed by atoms with van der Waals surface area (Å²) in [6, 6.07) is 0.189. The van der Waals surface area contributed by atoms with Crippen molar-refractivity contribution in [1.82, 2.24) is 15.5 Å². The quantitative estimate of drug-likeness (QED) is 0.530. The average Bonchev–Trinajstić information content (AvgIpc) is 2.95. The van der Waals surface area contributed by atoms with E-state index in [0.717, 1.165) is 31.0 Å². The molecule has 1 aromatic heterocycles. The standard InChI is InChI=1S/C17H33N3O/c1-4-6-7-8-9-10-11-12-13-14-16-19-20-17(21-16)15(5-2)18-3/h15,18H,4-14H2,1-3H3. The van der Waals surface area contributed by atoms with Gasteiger partial charge in [-0.15, -0.1) is 10.2 Å². The molecule has 0 aliphatic rings. The van der Waals surface area contributed by atoms with Crippen LogP contribution in [-0.4, -0.2) is 17.2 Å². The molecular formula is C17H33N3O. The van der Waals surface area contributed by atoms with Crippen molar-refractivity contribution in [2.45, 2.75) is 90.5 Å². The van der Waals surface area contributed by atoms with Crippen LogP contribution in [0.2, 0.25) is 0 Å². The first kappa shape index (κ1) is 18.1. The van der Waals surface area contributed by atoms with Gasteiger partial charge in [0.15, 0.2) is 0 Å². The van der Waals surface area contributed by atoms with E-state index in [0.29, 0.717) is 0 Å². The van der Waals surface area contributed by atoms with Crippen LogP contribution < -0.4 is 5.32 Å². The third-order valence-electron chi connectivity index (χ3n) is 4.03. The summed E-state index contributed by atoms with van der Waals surface area (Å²) in [5.74, 6) is 1.52. The third-order valence-corrected chi connectivity index (χ3v) is 4.03. The third kappa shape index (κ3) is 7.60. The predicted molar refractivity (Wildman–Crippen MR) is 87.3 cm³/mol. The molecule has 0 aromatic carbocycles. The molecule has 0 aliphatic heterocycles. The second-order valence-corrected chi connectivity index (χ2v) is 5.86. The maximum atomic E-state index is 5.71. The number of aromatic nitrogens is 2. The molecule has 1 rings (SSSR count). The number of rotatable bonds is 13. The van der Waals surface area contributed by atoms with Gasteiger partial charge >= 0.3 is 0 Å². The Kier molecular flexibility index (Phi) is 10.1. The first-order chi connectivity index (χ1) is 10.3. The van der Waals surface area contributed by atoms with E-state index in [4.69, 9.17) is 4.42 Å². The van der Waals surface area contributed by atoms with Crippen LogP contribution >= 0.6 is 0 Å². The van der Waals surface area contributed by atoms with Gasteiger partial charge < -0.3 is 9.73 Å². The Morgan fingerprint density at radius 2 is 1.52 bits per heavy atom. The lowest BCUT2D eigenvalue weighted by molar-refractivity contribution is 0.382. The van der Waals surface area contributed by atoms with Gasteiger partial charge in [-0.1, -0.05) is 65.2 Å². The lowest BCUT2D eigenvalue weighted by Crippen LogP contribution is -2.15. The summed E-state index contributed by atoms with van der Waals surface area (Å²) in [6.07, 6.45) is 14.0. The maximum absolute atomic E-state index is 5.71. The fourth-order valence-electron chi connectivity index (χ4n) is 2.60. The van der Waals surface area contributed by atoms with Gasteiger partial charge in [0.2, 0.25) is 11.8 Å². The molecule has 4 nitrogen and oxygen atoms in total. The molecule has 0 amide bonds. The van der Waals surface area contributed by atoms with Gasteiger partial charge in [0.05, 0.1) is 6.04 Å². The molecule has 1 unspecified atom stereocenters. The molecule has 1 N–H and O–H groups in total. The van der Waals surface area contributed by atoms with E-state index in [9.17, 15) is 0 Å². The Hall–Kier alpha value is -0.900. The Bertz CT molecular complexity index is 348.